The number of aryl methyl sites for hydroxylation is 1. The van der Waals surface area contributed by atoms with Gasteiger partial charge < -0.3 is 5.32 Å². The third kappa shape index (κ3) is 2.83. The first kappa shape index (κ1) is 12.5. The van der Waals surface area contributed by atoms with Crippen molar-refractivity contribution in [2.24, 2.45) is 7.05 Å². The lowest BCUT2D eigenvalue weighted by Gasteiger charge is -2.06. The summed E-state index contributed by atoms with van der Waals surface area (Å²) < 4.78 is 24.1. The Bertz CT molecular complexity index is 633. The van der Waals surface area contributed by atoms with Crippen LogP contribution in [0.2, 0.25) is 0 Å². The van der Waals surface area contributed by atoms with E-state index in [1.54, 1.807) is 24.0 Å². The van der Waals surface area contributed by atoms with Gasteiger partial charge in [0, 0.05) is 13.3 Å². The van der Waals surface area contributed by atoms with E-state index < -0.39 is 9.84 Å². The van der Waals surface area contributed by atoms with Gasteiger partial charge in [-0.25, -0.2) is 13.4 Å². The van der Waals surface area contributed by atoms with Crippen LogP contribution in [0, 0.1) is 0 Å². The highest BCUT2D eigenvalue weighted by Gasteiger charge is 2.08. The highest BCUT2D eigenvalue weighted by molar-refractivity contribution is 7.90. The molecule has 0 unspecified atom stereocenters. The van der Waals surface area contributed by atoms with Gasteiger partial charge in [0.1, 0.15) is 0 Å². The maximum atomic E-state index is 11.2. The summed E-state index contributed by atoms with van der Waals surface area (Å²) in [6.07, 6.45) is 4.27. The number of sulfone groups is 1. The van der Waals surface area contributed by atoms with Gasteiger partial charge >= 0.3 is 0 Å². The molecule has 1 N–H and O–H groups in total. The molecule has 2 heterocycles. The maximum Gasteiger partial charge on any atom is 0.192 e. The second-order valence-electron chi connectivity index (χ2n) is 3.86. The summed E-state index contributed by atoms with van der Waals surface area (Å²) in [4.78, 5) is 3.88. The SMILES string of the molecule is Cn1nncc1CNc1ccc(S(C)(=O)=O)nc1. The van der Waals surface area contributed by atoms with Crippen molar-refractivity contribution in [3.05, 3.63) is 30.2 Å². The summed E-state index contributed by atoms with van der Waals surface area (Å²) in [5.41, 5.74) is 1.66. The quantitative estimate of drug-likeness (QED) is 0.852. The van der Waals surface area contributed by atoms with Crippen molar-refractivity contribution in [2.45, 2.75) is 11.6 Å². The normalized spacial score (nSPS) is 11.4. The van der Waals surface area contributed by atoms with Crippen LogP contribution in [-0.4, -0.2) is 34.7 Å². The molecule has 0 aromatic carbocycles. The molecule has 0 radical (unpaired) electrons. The van der Waals surface area contributed by atoms with Gasteiger partial charge in [-0.05, 0) is 12.1 Å². The number of pyridine rings is 1. The zero-order valence-corrected chi connectivity index (χ0v) is 10.8. The molecule has 0 atom stereocenters. The summed E-state index contributed by atoms with van der Waals surface area (Å²) in [6.45, 7) is 0.545. The van der Waals surface area contributed by atoms with Crippen LogP contribution in [-0.2, 0) is 23.4 Å². The Morgan fingerprint density at radius 1 is 1.33 bits per heavy atom. The molecule has 0 saturated heterocycles. The number of hydrogen-bond acceptors (Lipinski definition) is 6. The molecular weight excluding hydrogens is 254 g/mol. The van der Waals surface area contributed by atoms with E-state index in [0.29, 0.717) is 6.54 Å². The Balaban J connectivity index is 2.05. The van der Waals surface area contributed by atoms with E-state index in [1.807, 2.05) is 0 Å². The maximum absolute atomic E-state index is 11.2. The molecule has 0 aliphatic carbocycles. The Morgan fingerprint density at radius 3 is 2.61 bits per heavy atom. The van der Waals surface area contributed by atoms with E-state index >= 15 is 0 Å². The van der Waals surface area contributed by atoms with E-state index in [-0.39, 0.29) is 5.03 Å². The molecule has 2 aromatic rings. The second kappa shape index (κ2) is 4.73. The molecule has 7 nitrogen and oxygen atoms in total. The lowest BCUT2D eigenvalue weighted by atomic mass is 10.4. The minimum Gasteiger partial charge on any atom is -0.378 e. The molecule has 0 aliphatic rings. The van der Waals surface area contributed by atoms with Crippen LogP contribution in [0.25, 0.3) is 0 Å². The van der Waals surface area contributed by atoms with Gasteiger partial charge in [0.2, 0.25) is 0 Å². The molecule has 0 fully saturated rings. The van der Waals surface area contributed by atoms with Gasteiger partial charge in [-0.3, -0.25) is 4.68 Å². The zero-order valence-electron chi connectivity index (χ0n) is 10.0. The first-order valence-corrected chi connectivity index (χ1v) is 7.09. The minimum absolute atomic E-state index is 0.0650. The van der Waals surface area contributed by atoms with Crippen LogP contribution >= 0.6 is 0 Å². The summed E-state index contributed by atoms with van der Waals surface area (Å²) in [6, 6.07) is 3.15. The van der Waals surface area contributed by atoms with Crippen LogP contribution in [0.15, 0.2) is 29.6 Å². The van der Waals surface area contributed by atoms with Gasteiger partial charge in [-0.15, -0.1) is 5.10 Å². The monoisotopic (exact) mass is 267 g/mol. The van der Waals surface area contributed by atoms with Crippen molar-refractivity contribution >= 4 is 15.5 Å². The molecule has 2 aromatic heterocycles. The first-order chi connectivity index (χ1) is 8.47. The molecule has 0 saturated carbocycles. The van der Waals surface area contributed by atoms with Crippen LogP contribution in [0.1, 0.15) is 5.69 Å². The second-order valence-corrected chi connectivity index (χ2v) is 5.82. The third-order valence-electron chi connectivity index (χ3n) is 2.40. The van der Waals surface area contributed by atoms with Crippen LogP contribution < -0.4 is 5.32 Å². The highest BCUT2D eigenvalue weighted by atomic mass is 32.2. The fourth-order valence-corrected chi connectivity index (χ4v) is 1.93. The fraction of sp³-hybridized carbons (Fsp3) is 0.300. The summed E-state index contributed by atoms with van der Waals surface area (Å²) in [5, 5.41) is 10.7. The Labute approximate surface area is 105 Å². The lowest BCUT2D eigenvalue weighted by molar-refractivity contribution is 0.598. The Morgan fingerprint density at radius 2 is 2.11 bits per heavy atom. The predicted molar refractivity (Wildman–Crippen MR) is 65.7 cm³/mol. The van der Waals surface area contributed by atoms with Gasteiger partial charge in [-0.1, -0.05) is 5.21 Å². The molecular formula is C10H13N5O2S. The van der Waals surface area contributed by atoms with Gasteiger partial charge in [0.05, 0.1) is 30.3 Å². The predicted octanol–water partition coefficient (Wildman–Crippen LogP) is 0.226. The van der Waals surface area contributed by atoms with Crippen LogP contribution in [0.5, 0.6) is 0 Å². The Hall–Kier alpha value is -1.96. The summed E-state index contributed by atoms with van der Waals surface area (Å²) in [5.74, 6) is 0. The summed E-state index contributed by atoms with van der Waals surface area (Å²) >= 11 is 0. The number of aromatic nitrogens is 4. The van der Waals surface area contributed by atoms with Crippen molar-refractivity contribution in [2.75, 3.05) is 11.6 Å². The number of hydrogen-bond donors (Lipinski definition) is 1. The average molecular weight is 267 g/mol. The van der Waals surface area contributed by atoms with Crippen LogP contribution in [0.3, 0.4) is 0 Å². The van der Waals surface area contributed by atoms with Gasteiger partial charge in [0.25, 0.3) is 0 Å². The highest BCUT2D eigenvalue weighted by Crippen LogP contribution is 2.11. The minimum atomic E-state index is -3.25. The Kier molecular flexibility index (Phi) is 3.28. The van der Waals surface area contributed by atoms with Crippen molar-refractivity contribution in [3.63, 3.8) is 0 Å². The van der Waals surface area contributed by atoms with Crippen molar-refractivity contribution in [3.8, 4) is 0 Å². The average Bonchev–Trinajstić information content (AvgIpc) is 2.72. The van der Waals surface area contributed by atoms with Crippen LogP contribution in [0.4, 0.5) is 5.69 Å². The molecule has 0 aliphatic heterocycles. The molecule has 96 valence electrons. The molecule has 2 rings (SSSR count). The standard InChI is InChI=1S/C10H13N5O2S/c1-15-9(7-13-14-15)6-11-8-3-4-10(12-5-8)18(2,16)17/h3-5,7,11H,6H2,1-2H3. The largest absolute Gasteiger partial charge is 0.378 e. The lowest BCUT2D eigenvalue weighted by Crippen LogP contribution is -2.06. The van der Waals surface area contributed by atoms with Gasteiger partial charge in [0.15, 0.2) is 14.9 Å². The van der Waals surface area contributed by atoms with Crippen molar-refractivity contribution in [1.82, 2.24) is 20.0 Å². The van der Waals surface area contributed by atoms with E-state index in [2.05, 4.69) is 20.6 Å². The molecule has 0 bridgehead atoms. The fourth-order valence-electron chi connectivity index (χ4n) is 1.37. The van der Waals surface area contributed by atoms with E-state index in [0.717, 1.165) is 17.6 Å². The number of rotatable bonds is 4. The van der Waals surface area contributed by atoms with E-state index in [4.69, 9.17) is 0 Å². The van der Waals surface area contributed by atoms with E-state index in [9.17, 15) is 8.42 Å². The first-order valence-electron chi connectivity index (χ1n) is 5.20. The topological polar surface area (TPSA) is 89.8 Å². The van der Waals surface area contributed by atoms with Crippen molar-refractivity contribution in [1.29, 1.82) is 0 Å². The molecule has 18 heavy (non-hydrogen) atoms. The number of nitrogens with one attached hydrogen (secondary N) is 1. The zero-order chi connectivity index (χ0) is 13.2. The van der Waals surface area contributed by atoms with Crippen molar-refractivity contribution < 1.29 is 8.42 Å². The number of anilines is 1. The summed E-state index contributed by atoms with van der Waals surface area (Å²) in [7, 11) is -1.45. The van der Waals surface area contributed by atoms with E-state index in [1.165, 1.54) is 12.3 Å². The third-order valence-corrected chi connectivity index (χ3v) is 3.40. The molecule has 0 amide bonds. The molecule has 0 spiro atoms. The number of nitrogens with zero attached hydrogens (tertiary/aromatic N) is 4. The van der Waals surface area contributed by atoms with Gasteiger partial charge in [-0.2, -0.15) is 0 Å². The molecule has 8 heteroatoms. The smallest absolute Gasteiger partial charge is 0.192 e.